The molecule has 1 amide bonds. The van der Waals surface area contributed by atoms with Crippen LogP contribution in [0.4, 0.5) is 0 Å². The summed E-state index contributed by atoms with van der Waals surface area (Å²) >= 11 is 0. The van der Waals surface area contributed by atoms with Gasteiger partial charge in [-0.25, -0.2) is 0 Å². The van der Waals surface area contributed by atoms with E-state index in [1.165, 1.54) is 0 Å². The fraction of sp³-hybridized carbons (Fsp3) is 0.406. The third-order valence-corrected chi connectivity index (χ3v) is 6.27. The highest BCUT2D eigenvalue weighted by atomic mass is 16.6. The highest BCUT2D eigenvalue weighted by molar-refractivity contribution is 5.75. The first-order valence-electron chi connectivity index (χ1n) is 13.6. The number of carbonyl (C=O) groups excluding carboxylic acids is 1. The van der Waals surface area contributed by atoms with Crippen molar-refractivity contribution in [3.8, 4) is 0 Å². The van der Waals surface area contributed by atoms with Gasteiger partial charge in [-0.05, 0) is 16.7 Å². The van der Waals surface area contributed by atoms with Crippen LogP contribution >= 0.6 is 0 Å². The highest BCUT2D eigenvalue weighted by Crippen LogP contribution is 2.40. The van der Waals surface area contributed by atoms with E-state index in [1.807, 2.05) is 54.6 Å². The molecule has 0 saturated heterocycles. The third-order valence-electron chi connectivity index (χ3n) is 6.27. The van der Waals surface area contributed by atoms with Crippen LogP contribution in [-0.4, -0.2) is 84.2 Å². The van der Waals surface area contributed by atoms with Crippen LogP contribution in [0.1, 0.15) is 23.1 Å². The molecule has 0 aromatic heterocycles. The summed E-state index contributed by atoms with van der Waals surface area (Å²) in [6.07, 6.45) is 0.493. The van der Waals surface area contributed by atoms with E-state index in [-0.39, 0.29) is 5.91 Å². The number of nitrogens with one attached hydrogen (secondary N) is 1. The molecule has 7 heteroatoms. The number of nitrogens with zero attached hydrogens (tertiary/aromatic N) is 1. The molecule has 0 aliphatic carbocycles. The zero-order valence-electron chi connectivity index (χ0n) is 23.2. The van der Waals surface area contributed by atoms with Gasteiger partial charge >= 0.3 is 0 Å². The summed E-state index contributed by atoms with van der Waals surface area (Å²) in [7, 11) is 3.53. The standard InChI is InChI=1S/C32H42N2O5/c1-34(2)31(35)18-19-33-20-21-36-22-23-37-24-25-38-26-27-39-32(28-12-6-3-7-13-28,29-14-8-4-9-15-29)30-16-10-5-11-17-30/h3-17,33H,18-27H2,1-2H3. The van der Waals surface area contributed by atoms with E-state index in [9.17, 15) is 4.79 Å². The third kappa shape index (κ3) is 9.88. The Balaban J connectivity index is 1.37. The van der Waals surface area contributed by atoms with E-state index in [1.54, 1.807) is 19.0 Å². The van der Waals surface area contributed by atoms with E-state index in [4.69, 9.17) is 18.9 Å². The van der Waals surface area contributed by atoms with Crippen LogP contribution in [0.3, 0.4) is 0 Å². The summed E-state index contributed by atoms with van der Waals surface area (Å²) in [5, 5.41) is 3.20. The SMILES string of the molecule is CN(C)C(=O)CCNCCOCCOCCOCCOC(c1ccccc1)(c1ccccc1)c1ccccc1. The topological polar surface area (TPSA) is 69.3 Å². The van der Waals surface area contributed by atoms with Crippen LogP contribution < -0.4 is 5.32 Å². The van der Waals surface area contributed by atoms with E-state index < -0.39 is 5.60 Å². The molecule has 0 spiro atoms. The van der Waals surface area contributed by atoms with E-state index in [0.29, 0.717) is 65.8 Å². The van der Waals surface area contributed by atoms with Crippen molar-refractivity contribution in [1.29, 1.82) is 0 Å². The summed E-state index contributed by atoms with van der Waals surface area (Å²) < 4.78 is 23.7. The van der Waals surface area contributed by atoms with E-state index in [2.05, 4.69) is 41.7 Å². The highest BCUT2D eigenvalue weighted by Gasteiger charge is 2.37. The van der Waals surface area contributed by atoms with Crippen molar-refractivity contribution in [1.82, 2.24) is 10.2 Å². The van der Waals surface area contributed by atoms with Gasteiger partial charge in [0.2, 0.25) is 5.91 Å². The smallest absolute Gasteiger partial charge is 0.223 e. The van der Waals surface area contributed by atoms with Gasteiger partial charge in [0.05, 0.1) is 46.2 Å². The number of hydrogen-bond donors (Lipinski definition) is 1. The maximum Gasteiger partial charge on any atom is 0.223 e. The second-order valence-corrected chi connectivity index (χ2v) is 9.25. The zero-order chi connectivity index (χ0) is 27.6. The lowest BCUT2D eigenvalue weighted by atomic mass is 9.80. The van der Waals surface area contributed by atoms with Crippen LogP contribution in [0.15, 0.2) is 91.0 Å². The molecule has 0 aliphatic heterocycles. The number of benzene rings is 3. The van der Waals surface area contributed by atoms with Gasteiger partial charge in [-0.15, -0.1) is 0 Å². The second kappa shape index (κ2) is 17.5. The first kappa shape index (κ1) is 30.5. The Morgan fingerprint density at radius 3 is 1.46 bits per heavy atom. The molecule has 0 unspecified atom stereocenters. The molecule has 3 rings (SSSR count). The van der Waals surface area contributed by atoms with Gasteiger partial charge in [-0.1, -0.05) is 91.0 Å². The molecule has 7 nitrogen and oxygen atoms in total. The lowest BCUT2D eigenvalue weighted by Crippen LogP contribution is -2.34. The second-order valence-electron chi connectivity index (χ2n) is 9.25. The number of rotatable bonds is 19. The number of ether oxygens (including phenoxy) is 4. The minimum absolute atomic E-state index is 0.119. The van der Waals surface area contributed by atoms with Gasteiger partial charge < -0.3 is 29.2 Å². The van der Waals surface area contributed by atoms with Gasteiger partial charge in [0.1, 0.15) is 5.60 Å². The van der Waals surface area contributed by atoms with Crippen molar-refractivity contribution >= 4 is 5.91 Å². The Morgan fingerprint density at radius 2 is 1.03 bits per heavy atom. The average molecular weight is 535 g/mol. The zero-order valence-corrected chi connectivity index (χ0v) is 23.2. The van der Waals surface area contributed by atoms with Crippen LogP contribution in [0.25, 0.3) is 0 Å². The largest absolute Gasteiger partial charge is 0.378 e. The molecular weight excluding hydrogens is 492 g/mol. The quantitative estimate of drug-likeness (QED) is 0.184. The molecule has 3 aromatic carbocycles. The van der Waals surface area contributed by atoms with E-state index in [0.717, 1.165) is 16.7 Å². The van der Waals surface area contributed by atoms with Crippen molar-refractivity contribution < 1.29 is 23.7 Å². The molecule has 210 valence electrons. The number of amides is 1. The minimum Gasteiger partial charge on any atom is -0.378 e. The van der Waals surface area contributed by atoms with Crippen molar-refractivity contribution in [3.63, 3.8) is 0 Å². The molecule has 3 aromatic rings. The van der Waals surface area contributed by atoms with Crippen LogP contribution in [-0.2, 0) is 29.3 Å². The van der Waals surface area contributed by atoms with Crippen molar-refractivity contribution in [2.45, 2.75) is 12.0 Å². The first-order chi connectivity index (χ1) is 19.1. The van der Waals surface area contributed by atoms with Crippen molar-refractivity contribution in [3.05, 3.63) is 108 Å². The Kier molecular flexibility index (Phi) is 13.7. The molecule has 0 heterocycles. The maximum atomic E-state index is 11.5. The monoisotopic (exact) mass is 534 g/mol. The summed E-state index contributed by atoms with van der Waals surface area (Å²) in [5.41, 5.74) is 2.48. The molecule has 0 fully saturated rings. The van der Waals surface area contributed by atoms with Crippen LogP contribution in [0.5, 0.6) is 0 Å². The fourth-order valence-corrected chi connectivity index (χ4v) is 4.25. The summed E-state index contributed by atoms with van der Waals surface area (Å²) in [6.45, 7) is 4.84. The lowest BCUT2D eigenvalue weighted by molar-refractivity contribution is -0.128. The number of hydrogen-bond acceptors (Lipinski definition) is 6. The average Bonchev–Trinajstić information content (AvgIpc) is 2.98. The first-order valence-corrected chi connectivity index (χ1v) is 13.6. The van der Waals surface area contributed by atoms with Gasteiger partial charge in [-0.3, -0.25) is 4.79 Å². The van der Waals surface area contributed by atoms with Crippen LogP contribution in [0, 0.1) is 0 Å². The Bertz CT molecular complexity index is 951. The summed E-state index contributed by atoms with van der Waals surface area (Å²) in [6, 6.07) is 31.0. The number of carbonyl (C=O) groups is 1. The predicted molar refractivity (Wildman–Crippen MR) is 154 cm³/mol. The van der Waals surface area contributed by atoms with Crippen molar-refractivity contribution in [2.24, 2.45) is 0 Å². The normalized spacial score (nSPS) is 11.4. The van der Waals surface area contributed by atoms with Gasteiger partial charge in [0, 0.05) is 33.6 Å². The van der Waals surface area contributed by atoms with Crippen molar-refractivity contribution in [2.75, 3.05) is 73.4 Å². The molecule has 39 heavy (non-hydrogen) atoms. The molecule has 0 aliphatic rings. The predicted octanol–water partition coefficient (Wildman–Crippen LogP) is 4.11. The van der Waals surface area contributed by atoms with E-state index >= 15 is 0 Å². The Morgan fingerprint density at radius 1 is 0.615 bits per heavy atom. The summed E-state index contributed by atoms with van der Waals surface area (Å²) in [4.78, 5) is 13.1. The van der Waals surface area contributed by atoms with Gasteiger partial charge in [0.15, 0.2) is 0 Å². The minimum atomic E-state index is -0.738. The summed E-state index contributed by atoms with van der Waals surface area (Å²) in [5.74, 6) is 0.119. The van der Waals surface area contributed by atoms with Crippen LogP contribution in [0.2, 0.25) is 0 Å². The van der Waals surface area contributed by atoms with Gasteiger partial charge in [-0.2, -0.15) is 0 Å². The fourth-order valence-electron chi connectivity index (χ4n) is 4.25. The molecule has 0 bridgehead atoms. The molecule has 1 N–H and O–H groups in total. The molecule has 0 radical (unpaired) electrons. The lowest BCUT2D eigenvalue weighted by Gasteiger charge is -2.36. The maximum absolute atomic E-state index is 11.5. The Labute approximate surface area is 233 Å². The molecular formula is C32H42N2O5. The molecule has 0 atom stereocenters. The molecule has 0 saturated carbocycles. The van der Waals surface area contributed by atoms with Gasteiger partial charge in [0.25, 0.3) is 0 Å². The Hall–Kier alpha value is -3.07.